The van der Waals surface area contributed by atoms with Crippen LogP contribution in [0.3, 0.4) is 0 Å². The Hall–Kier alpha value is -0.555. The number of rotatable bonds is 2. The van der Waals surface area contributed by atoms with E-state index in [9.17, 15) is 0 Å². The maximum atomic E-state index is 4.48. The summed E-state index contributed by atoms with van der Waals surface area (Å²) < 4.78 is 0. The van der Waals surface area contributed by atoms with Crippen LogP contribution in [-0.2, 0) is 0 Å². The van der Waals surface area contributed by atoms with Crippen molar-refractivity contribution in [2.45, 2.75) is 11.0 Å². The molecule has 0 aromatic heterocycles. The van der Waals surface area contributed by atoms with Crippen molar-refractivity contribution in [1.82, 2.24) is 19.4 Å². The van der Waals surface area contributed by atoms with Crippen LogP contribution in [0.15, 0.2) is 24.8 Å². The lowest BCUT2D eigenvalue weighted by Crippen LogP contribution is -2.45. The Kier molecular flexibility index (Phi) is 3.02. The summed E-state index contributed by atoms with van der Waals surface area (Å²) in [5, 5.41) is 0. The predicted molar refractivity (Wildman–Crippen MR) is 68.8 cm³/mol. The lowest BCUT2D eigenvalue weighted by Gasteiger charge is -2.32. The molecule has 0 saturated heterocycles. The third-order valence-corrected chi connectivity index (χ3v) is 3.74. The molecule has 0 spiro atoms. The van der Waals surface area contributed by atoms with E-state index in [2.05, 4.69) is 25.3 Å². The molecule has 0 aromatic rings. The van der Waals surface area contributed by atoms with E-state index in [1.165, 1.54) is 0 Å². The Labute approximate surface area is 102 Å². The fourth-order valence-corrected chi connectivity index (χ4v) is 1.87. The predicted octanol–water partition coefficient (Wildman–Crippen LogP) is 0.385. The van der Waals surface area contributed by atoms with Crippen LogP contribution in [0.2, 0.25) is 0 Å². The molecule has 0 bridgehead atoms. The average molecular weight is 241 g/mol. The summed E-state index contributed by atoms with van der Waals surface area (Å²) in [4.78, 5) is 8.10. The van der Waals surface area contributed by atoms with Crippen molar-refractivity contribution in [1.29, 1.82) is 0 Å². The van der Waals surface area contributed by atoms with Crippen LogP contribution >= 0.6 is 25.3 Å². The van der Waals surface area contributed by atoms with Gasteiger partial charge in [0.25, 0.3) is 0 Å². The average Bonchev–Trinajstić information content (AvgIpc) is 2.68. The first kappa shape index (κ1) is 10.9. The summed E-state index contributed by atoms with van der Waals surface area (Å²) in [5.74, 6) is 0. The van der Waals surface area contributed by atoms with E-state index < -0.39 is 0 Å². The highest BCUT2D eigenvalue weighted by molar-refractivity contribution is 7.81. The highest BCUT2D eigenvalue weighted by atomic mass is 32.1. The van der Waals surface area contributed by atoms with Gasteiger partial charge in [-0.15, -0.1) is 25.3 Å². The summed E-state index contributed by atoms with van der Waals surface area (Å²) in [6, 6.07) is 0. The molecule has 0 fully saturated rings. The summed E-state index contributed by atoms with van der Waals surface area (Å²) in [6.07, 6.45) is 7.96. The summed E-state index contributed by atoms with van der Waals surface area (Å²) >= 11 is 8.95. The maximum Gasteiger partial charge on any atom is 0.395 e. The lowest BCUT2D eigenvalue weighted by atomic mass is 10.1. The first-order valence-electron chi connectivity index (χ1n) is 4.66. The van der Waals surface area contributed by atoms with Gasteiger partial charge in [0.15, 0.2) is 0 Å². The Bertz CT molecular complexity index is 270. The summed E-state index contributed by atoms with van der Waals surface area (Å²) in [6.45, 7) is 0. The molecule has 2 rings (SSSR count). The quantitative estimate of drug-likeness (QED) is 0.535. The van der Waals surface area contributed by atoms with Crippen molar-refractivity contribution in [2.75, 3.05) is 14.1 Å². The molecular weight excluding hydrogens is 227 g/mol. The van der Waals surface area contributed by atoms with Crippen molar-refractivity contribution >= 4 is 32.8 Å². The first-order chi connectivity index (χ1) is 7.09. The third-order valence-electron chi connectivity index (χ3n) is 2.48. The van der Waals surface area contributed by atoms with Gasteiger partial charge in [-0.05, 0) is 0 Å². The second kappa shape index (κ2) is 4.13. The van der Waals surface area contributed by atoms with Crippen LogP contribution in [0, 0.1) is 0 Å². The number of hydrogen-bond donors (Lipinski definition) is 2. The largest absolute Gasteiger partial charge is 0.395 e. The van der Waals surface area contributed by atoms with Gasteiger partial charge in [0.2, 0.25) is 0 Å². The molecule has 2 atom stereocenters. The minimum atomic E-state index is 0.0600. The molecule has 0 N–H and O–H groups in total. The monoisotopic (exact) mass is 241 g/mol. The Morgan fingerprint density at radius 1 is 0.867 bits per heavy atom. The zero-order valence-corrected chi connectivity index (χ0v) is 10.5. The zero-order chi connectivity index (χ0) is 11.0. The highest BCUT2D eigenvalue weighted by Crippen LogP contribution is 2.20. The molecule has 2 unspecified atom stereocenters. The topological polar surface area (TPSA) is 13.0 Å². The molecular formula is C8H14BN4S2. The Balaban J connectivity index is 1.93. The molecule has 0 saturated carbocycles. The second-order valence-electron chi connectivity index (χ2n) is 3.63. The van der Waals surface area contributed by atoms with Crippen LogP contribution < -0.4 is 0 Å². The van der Waals surface area contributed by atoms with Gasteiger partial charge in [-0.2, -0.15) is 0 Å². The van der Waals surface area contributed by atoms with E-state index in [1.54, 1.807) is 0 Å². The highest BCUT2D eigenvalue weighted by Gasteiger charge is 2.27. The number of thiol groups is 2. The van der Waals surface area contributed by atoms with Gasteiger partial charge in [-0.25, -0.2) is 0 Å². The van der Waals surface area contributed by atoms with E-state index in [0.29, 0.717) is 0 Å². The van der Waals surface area contributed by atoms with Crippen LogP contribution in [0.4, 0.5) is 0 Å². The van der Waals surface area contributed by atoms with Gasteiger partial charge in [0.1, 0.15) is 11.0 Å². The zero-order valence-electron chi connectivity index (χ0n) is 8.72. The SMILES string of the molecule is CN1C=CN([B]N2C=CN(C)C2S)C1S. The first-order valence-corrected chi connectivity index (χ1v) is 5.69. The summed E-state index contributed by atoms with van der Waals surface area (Å²) in [7, 11) is 5.98. The Morgan fingerprint density at radius 3 is 1.53 bits per heavy atom. The van der Waals surface area contributed by atoms with E-state index in [0.717, 1.165) is 0 Å². The molecule has 81 valence electrons. The minimum absolute atomic E-state index is 0.0600. The standard InChI is InChI=1S/C8H14BN4S2/c1-10-3-5-12(7(10)14)9-13-6-4-11(2)8(13)15/h3-8,14-15H,1-2H3. The van der Waals surface area contributed by atoms with Gasteiger partial charge in [-0.1, -0.05) is 0 Å². The molecule has 7 heteroatoms. The van der Waals surface area contributed by atoms with Crippen molar-refractivity contribution < 1.29 is 0 Å². The van der Waals surface area contributed by atoms with Crippen molar-refractivity contribution in [3.05, 3.63) is 24.8 Å². The van der Waals surface area contributed by atoms with E-state index in [-0.39, 0.29) is 11.0 Å². The van der Waals surface area contributed by atoms with Crippen LogP contribution in [0.25, 0.3) is 0 Å². The van der Waals surface area contributed by atoms with Crippen LogP contribution in [0.1, 0.15) is 0 Å². The molecule has 0 amide bonds. The fraction of sp³-hybridized carbons (Fsp3) is 0.500. The van der Waals surface area contributed by atoms with E-state index in [4.69, 9.17) is 0 Å². The van der Waals surface area contributed by atoms with Crippen molar-refractivity contribution in [3.63, 3.8) is 0 Å². The van der Waals surface area contributed by atoms with Gasteiger partial charge in [-0.3, -0.25) is 0 Å². The van der Waals surface area contributed by atoms with Crippen molar-refractivity contribution in [2.24, 2.45) is 0 Å². The van der Waals surface area contributed by atoms with E-state index in [1.807, 2.05) is 65.9 Å². The maximum absolute atomic E-state index is 4.48. The summed E-state index contributed by atoms with van der Waals surface area (Å²) in [5.41, 5.74) is 0.120. The second-order valence-corrected chi connectivity index (χ2v) is 4.55. The number of hydrogen-bond acceptors (Lipinski definition) is 6. The smallest absolute Gasteiger partial charge is 0.376 e. The number of nitrogens with zero attached hydrogens (tertiary/aromatic N) is 4. The van der Waals surface area contributed by atoms with Gasteiger partial charge in [0.05, 0.1) is 0 Å². The van der Waals surface area contributed by atoms with Crippen LogP contribution in [-0.4, -0.2) is 52.1 Å². The molecule has 4 nitrogen and oxygen atoms in total. The Morgan fingerprint density at radius 2 is 1.27 bits per heavy atom. The minimum Gasteiger partial charge on any atom is -0.376 e. The molecule has 2 aliphatic heterocycles. The fourth-order valence-electron chi connectivity index (χ4n) is 1.44. The van der Waals surface area contributed by atoms with Crippen molar-refractivity contribution in [3.8, 4) is 0 Å². The normalized spacial score (nSPS) is 29.6. The third kappa shape index (κ3) is 2.03. The molecule has 0 aromatic carbocycles. The lowest BCUT2D eigenvalue weighted by molar-refractivity contribution is 0.316. The van der Waals surface area contributed by atoms with Gasteiger partial charge < -0.3 is 19.4 Å². The van der Waals surface area contributed by atoms with Crippen LogP contribution in [0.5, 0.6) is 0 Å². The van der Waals surface area contributed by atoms with E-state index >= 15 is 0 Å². The molecule has 15 heavy (non-hydrogen) atoms. The molecule has 0 aliphatic carbocycles. The van der Waals surface area contributed by atoms with Gasteiger partial charge in [0, 0.05) is 38.9 Å². The molecule has 1 radical (unpaired) electrons. The molecule has 2 heterocycles. The van der Waals surface area contributed by atoms with Gasteiger partial charge >= 0.3 is 7.55 Å². The molecule has 2 aliphatic rings.